The average Bonchev–Trinajstić information content (AvgIpc) is 2.41. The van der Waals surface area contributed by atoms with Crippen molar-refractivity contribution in [3.05, 3.63) is 33.8 Å². The van der Waals surface area contributed by atoms with Gasteiger partial charge in [0.1, 0.15) is 0 Å². The Bertz CT molecular complexity index is 552. The molecule has 8 heteroatoms. The van der Waals surface area contributed by atoms with Gasteiger partial charge in [0, 0.05) is 17.6 Å². The first-order valence-electron chi connectivity index (χ1n) is 6.20. The fourth-order valence-corrected chi connectivity index (χ4v) is 2.75. The van der Waals surface area contributed by atoms with Crippen molar-refractivity contribution in [2.75, 3.05) is 13.1 Å². The third kappa shape index (κ3) is 3.53. The molecule has 1 heterocycles. The van der Waals surface area contributed by atoms with Crippen molar-refractivity contribution >= 4 is 21.8 Å². The molecule has 0 atom stereocenters. The second kappa shape index (κ2) is 5.90. The van der Waals surface area contributed by atoms with E-state index in [2.05, 4.69) is 15.9 Å². The molecule has 1 aliphatic rings. The number of hydrogen-bond donors (Lipinski definition) is 0. The Morgan fingerprint density at radius 2 is 1.67 bits per heavy atom. The molecule has 1 aromatic rings. The van der Waals surface area contributed by atoms with E-state index >= 15 is 0 Å². The Balaban J connectivity index is 2.11. The molecule has 0 bridgehead atoms. The number of carbonyl (C=O) groups excluding carboxylic acids is 1. The molecule has 1 saturated heterocycles. The van der Waals surface area contributed by atoms with E-state index in [1.54, 1.807) is 0 Å². The lowest BCUT2D eigenvalue weighted by atomic mass is 9.96. The van der Waals surface area contributed by atoms with Crippen LogP contribution in [0.5, 0.6) is 0 Å². The highest BCUT2D eigenvalue weighted by Crippen LogP contribution is 2.34. The lowest BCUT2D eigenvalue weighted by Gasteiger charge is -2.33. The summed E-state index contributed by atoms with van der Waals surface area (Å²) in [4.78, 5) is 13.4. The topological polar surface area (TPSA) is 20.3 Å². The van der Waals surface area contributed by atoms with Crippen molar-refractivity contribution in [3.8, 4) is 0 Å². The first-order chi connectivity index (χ1) is 9.70. The number of alkyl halides is 3. The third-order valence-corrected chi connectivity index (χ3v) is 4.14. The predicted molar refractivity (Wildman–Crippen MR) is 68.7 cm³/mol. The van der Waals surface area contributed by atoms with Gasteiger partial charge in [-0.3, -0.25) is 4.79 Å². The molecule has 0 spiro atoms. The second-order valence-electron chi connectivity index (χ2n) is 4.85. The standard InChI is InChI=1S/C13H11BrF5NO/c14-9-6-11(16)10(15)5-8(9)12(21)20-3-1-7(2-4-20)13(17,18)19/h5-7H,1-4H2. The van der Waals surface area contributed by atoms with Crippen LogP contribution in [0.25, 0.3) is 0 Å². The van der Waals surface area contributed by atoms with Crippen LogP contribution in [-0.4, -0.2) is 30.1 Å². The summed E-state index contributed by atoms with van der Waals surface area (Å²) in [5.41, 5.74) is -0.0978. The lowest BCUT2D eigenvalue weighted by molar-refractivity contribution is -0.183. The summed E-state index contributed by atoms with van der Waals surface area (Å²) in [5.74, 6) is -4.31. The maximum Gasteiger partial charge on any atom is 0.391 e. The molecular formula is C13H11BrF5NO. The quantitative estimate of drug-likeness (QED) is 0.536. The lowest BCUT2D eigenvalue weighted by Crippen LogP contribution is -2.42. The molecule has 0 N–H and O–H groups in total. The number of piperidine rings is 1. The Labute approximate surface area is 126 Å². The molecule has 0 radical (unpaired) electrons. The first-order valence-corrected chi connectivity index (χ1v) is 7.00. The summed E-state index contributed by atoms with van der Waals surface area (Å²) >= 11 is 2.96. The number of benzene rings is 1. The molecule has 1 aromatic carbocycles. The van der Waals surface area contributed by atoms with Crippen LogP contribution in [0.1, 0.15) is 23.2 Å². The normalized spacial score (nSPS) is 17.1. The number of hydrogen-bond acceptors (Lipinski definition) is 1. The molecule has 2 nitrogen and oxygen atoms in total. The van der Waals surface area contributed by atoms with E-state index in [1.807, 2.05) is 0 Å². The smallest absolute Gasteiger partial charge is 0.339 e. The van der Waals surface area contributed by atoms with E-state index in [0.717, 1.165) is 12.1 Å². The average molecular weight is 372 g/mol. The molecule has 1 amide bonds. The van der Waals surface area contributed by atoms with Crippen LogP contribution < -0.4 is 0 Å². The van der Waals surface area contributed by atoms with Gasteiger partial charge in [0.2, 0.25) is 0 Å². The van der Waals surface area contributed by atoms with Gasteiger partial charge >= 0.3 is 6.18 Å². The molecule has 0 saturated carbocycles. The zero-order chi connectivity index (χ0) is 15.8. The molecule has 0 aliphatic carbocycles. The highest BCUT2D eigenvalue weighted by molar-refractivity contribution is 9.10. The summed E-state index contributed by atoms with van der Waals surface area (Å²) in [7, 11) is 0. The molecule has 2 rings (SSSR count). The summed E-state index contributed by atoms with van der Waals surface area (Å²) in [6.07, 6.45) is -4.63. The zero-order valence-corrected chi connectivity index (χ0v) is 12.3. The molecule has 116 valence electrons. The monoisotopic (exact) mass is 371 g/mol. The van der Waals surface area contributed by atoms with Gasteiger partial charge in [0.05, 0.1) is 11.5 Å². The summed E-state index contributed by atoms with van der Waals surface area (Å²) in [6.45, 7) is -0.122. The van der Waals surface area contributed by atoms with Crippen LogP contribution in [-0.2, 0) is 0 Å². The Hall–Kier alpha value is -1.18. The number of rotatable bonds is 1. The van der Waals surface area contributed by atoms with Crippen LogP contribution in [0.3, 0.4) is 0 Å². The van der Waals surface area contributed by atoms with Crippen LogP contribution in [0.15, 0.2) is 16.6 Å². The van der Waals surface area contributed by atoms with Gasteiger partial charge in [0.25, 0.3) is 5.91 Å². The van der Waals surface area contributed by atoms with E-state index in [9.17, 15) is 26.7 Å². The number of nitrogens with zero attached hydrogens (tertiary/aromatic N) is 1. The molecule has 21 heavy (non-hydrogen) atoms. The third-order valence-electron chi connectivity index (χ3n) is 3.49. The van der Waals surface area contributed by atoms with Crippen molar-refractivity contribution in [1.82, 2.24) is 4.90 Å². The van der Waals surface area contributed by atoms with Crippen molar-refractivity contribution in [2.24, 2.45) is 5.92 Å². The van der Waals surface area contributed by atoms with E-state index in [4.69, 9.17) is 0 Å². The Morgan fingerprint density at radius 1 is 1.14 bits per heavy atom. The number of likely N-dealkylation sites (tertiary alicyclic amines) is 1. The van der Waals surface area contributed by atoms with Crippen LogP contribution in [0.2, 0.25) is 0 Å². The second-order valence-corrected chi connectivity index (χ2v) is 5.71. The molecule has 0 unspecified atom stereocenters. The fourth-order valence-electron chi connectivity index (χ4n) is 2.27. The van der Waals surface area contributed by atoms with Crippen molar-refractivity contribution in [2.45, 2.75) is 19.0 Å². The van der Waals surface area contributed by atoms with Crippen LogP contribution in [0, 0.1) is 17.6 Å². The first kappa shape index (κ1) is 16.2. The van der Waals surface area contributed by atoms with Crippen LogP contribution in [0.4, 0.5) is 22.0 Å². The molecule has 0 aromatic heterocycles. The highest BCUT2D eigenvalue weighted by Gasteiger charge is 2.41. The van der Waals surface area contributed by atoms with Crippen LogP contribution >= 0.6 is 15.9 Å². The Kier molecular flexibility index (Phi) is 4.55. The zero-order valence-electron chi connectivity index (χ0n) is 10.7. The summed E-state index contributed by atoms with van der Waals surface area (Å²) in [6, 6.07) is 1.57. The summed E-state index contributed by atoms with van der Waals surface area (Å²) in [5, 5.41) is 0. The number of carbonyl (C=O) groups is 1. The van der Waals surface area contributed by atoms with Gasteiger partial charge in [-0.1, -0.05) is 0 Å². The van der Waals surface area contributed by atoms with E-state index < -0.39 is 29.6 Å². The highest BCUT2D eigenvalue weighted by atomic mass is 79.9. The molecular weight excluding hydrogens is 361 g/mol. The van der Waals surface area contributed by atoms with E-state index in [1.165, 1.54) is 4.90 Å². The van der Waals surface area contributed by atoms with Gasteiger partial charge in [-0.15, -0.1) is 0 Å². The van der Waals surface area contributed by atoms with Crippen molar-refractivity contribution in [3.63, 3.8) is 0 Å². The number of amides is 1. The van der Waals surface area contributed by atoms with Crippen molar-refractivity contribution in [1.29, 1.82) is 0 Å². The minimum absolute atomic E-state index is 0.0611. The maximum absolute atomic E-state index is 13.2. The fraction of sp³-hybridized carbons (Fsp3) is 0.462. The van der Waals surface area contributed by atoms with E-state index in [0.29, 0.717) is 0 Å². The van der Waals surface area contributed by atoms with Gasteiger partial charge in [-0.05, 0) is 40.9 Å². The molecule has 1 fully saturated rings. The van der Waals surface area contributed by atoms with Gasteiger partial charge < -0.3 is 4.90 Å². The summed E-state index contributed by atoms with van der Waals surface area (Å²) < 4.78 is 63.9. The largest absolute Gasteiger partial charge is 0.391 e. The Morgan fingerprint density at radius 3 is 2.19 bits per heavy atom. The van der Waals surface area contributed by atoms with Gasteiger partial charge in [-0.25, -0.2) is 8.78 Å². The number of halogens is 6. The maximum atomic E-state index is 13.2. The van der Waals surface area contributed by atoms with Gasteiger partial charge in [-0.2, -0.15) is 13.2 Å². The minimum atomic E-state index is -4.27. The van der Waals surface area contributed by atoms with Crippen molar-refractivity contribution < 1.29 is 26.7 Å². The van der Waals surface area contributed by atoms with Gasteiger partial charge in [0.15, 0.2) is 11.6 Å². The predicted octanol–water partition coefficient (Wildman–Crippen LogP) is 4.14. The molecule has 1 aliphatic heterocycles. The minimum Gasteiger partial charge on any atom is -0.339 e. The SMILES string of the molecule is O=C(c1cc(F)c(F)cc1Br)N1CCC(C(F)(F)F)CC1. The van der Waals surface area contributed by atoms with E-state index in [-0.39, 0.29) is 36.0 Å².